The maximum Gasteiger partial charge on any atom is 0 e. The van der Waals surface area contributed by atoms with Gasteiger partial charge in [0.1, 0.15) is 0 Å². The first-order chi connectivity index (χ1) is 20.1. The summed E-state index contributed by atoms with van der Waals surface area (Å²) in [6.07, 6.45) is 1.58. The van der Waals surface area contributed by atoms with Crippen molar-refractivity contribution in [2.24, 2.45) is 154 Å². The van der Waals surface area contributed by atoms with Gasteiger partial charge in [-0.25, -0.2) is 0 Å². The summed E-state index contributed by atoms with van der Waals surface area (Å²) in [4.78, 5) is 0. The van der Waals surface area contributed by atoms with E-state index < -0.39 is 0 Å². The zero-order valence-corrected chi connectivity index (χ0v) is 33.6. The van der Waals surface area contributed by atoms with Crippen LogP contribution in [0.1, 0.15) is 117 Å². The van der Waals surface area contributed by atoms with Crippen LogP contribution in [0.2, 0.25) is 0 Å². The molecular weight excluding hydrogens is 567 g/mol. The minimum absolute atomic E-state index is 0. The van der Waals surface area contributed by atoms with Gasteiger partial charge in [-0.3, -0.25) is 0 Å². The van der Waals surface area contributed by atoms with E-state index in [0.29, 0.717) is 0 Å². The van der Waals surface area contributed by atoms with E-state index in [0.717, 1.165) is 154 Å². The van der Waals surface area contributed by atoms with E-state index >= 15 is 0 Å². The minimum Gasteiger partial charge on any atom is -0.0620 e. The second-order valence-electron chi connectivity index (χ2n) is 19.9. The molecule has 0 amide bonds. The van der Waals surface area contributed by atoms with E-state index in [2.05, 4.69) is 111 Å². The Balaban J connectivity index is 0.00000384. The first-order valence-corrected chi connectivity index (χ1v) is 20.1. The van der Waals surface area contributed by atoms with Crippen LogP contribution in [0.25, 0.3) is 0 Å². The second-order valence-corrected chi connectivity index (χ2v) is 19.9. The van der Waals surface area contributed by atoms with Crippen LogP contribution in [0.4, 0.5) is 0 Å². The Morgan fingerprint density at radius 3 is 0.500 bits per heavy atom. The normalized spacial score (nSPS) is 65.2. The predicted octanol–water partition coefficient (Wildman–Crippen LogP) is 11.8. The molecule has 0 aromatic rings. The zero-order chi connectivity index (χ0) is 31.7. The van der Waals surface area contributed by atoms with Crippen molar-refractivity contribution in [3.8, 4) is 0 Å². The molecule has 0 nitrogen and oxygen atoms in total. The molecule has 0 saturated heterocycles. The molecule has 44 heavy (non-hydrogen) atoms. The second kappa shape index (κ2) is 12.5. The van der Waals surface area contributed by atoms with Crippen molar-refractivity contribution in [1.82, 2.24) is 0 Å². The van der Waals surface area contributed by atoms with E-state index in [1.807, 2.05) is 0 Å². The van der Waals surface area contributed by atoms with E-state index in [9.17, 15) is 0 Å². The number of hydrogen-bond acceptors (Lipinski definition) is 0. The third-order valence-corrected chi connectivity index (χ3v) is 20.0. The molecule has 6 rings (SSSR count). The first kappa shape index (κ1) is 35.9. The van der Waals surface area contributed by atoms with Gasteiger partial charge in [0, 0.05) is 18.6 Å². The van der Waals surface area contributed by atoms with Crippen molar-refractivity contribution in [3.63, 3.8) is 0 Å². The summed E-state index contributed by atoms with van der Waals surface area (Å²) in [6, 6.07) is 0. The van der Waals surface area contributed by atoms with E-state index in [4.69, 9.17) is 0 Å². The van der Waals surface area contributed by atoms with Crippen molar-refractivity contribution in [2.75, 3.05) is 0 Å². The van der Waals surface area contributed by atoms with Gasteiger partial charge in [0.2, 0.25) is 0 Å². The summed E-state index contributed by atoms with van der Waals surface area (Å²) >= 11 is 0. The molecule has 0 bridgehead atoms. The Morgan fingerprint density at radius 1 is 0.205 bits per heavy atom. The summed E-state index contributed by atoms with van der Waals surface area (Å²) in [5.74, 6) is 23.6. The van der Waals surface area contributed by atoms with Gasteiger partial charge in [0.25, 0.3) is 0 Å². The largest absolute Gasteiger partial charge is 0.0620 e. The Kier molecular flexibility index (Phi) is 10.2. The maximum atomic E-state index is 2.74. The first-order valence-electron chi connectivity index (χ1n) is 20.1. The monoisotopic (exact) mass is 644 g/mol. The van der Waals surface area contributed by atoms with E-state index in [1.54, 1.807) is 6.42 Å². The van der Waals surface area contributed by atoms with Crippen LogP contribution >= 0.6 is 0 Å². The average Bonchev–Trinajstić information content (AvgIpc) is 3.50. The van der Waals surface area contributed by atoms with Gasteiger partial charge in [0.05, 0.1) is 0 Å². The van der Waals surface area contributed by atoms with Crippen molar-refractivity contribution < 1.29 is 18.6 Å². The number of hydrogen-bond donors (Lipinski definition) is 0. The molecule has 24 unspecified atom stereocenters. The SMILES string of the molecule is CC1C(C)C(C)C2C(C1C)C(CC1C3C(C)C(C)C(C)C(C)C3C3C(C)C(C)C(C)C(C)C13)C1C(C)C(C)C(C)C(C)C12.[V]. The van der Waals surface area contributed by atoms with Crippen LogP contribution < -0.4 is 0 Å². The van der Waals surface area contributed by atoms with Crippen molar-refractivity contribution >= 4 is 0 Å². The Labute approximate surface area is 288 Å². The quantitative estimate of drug-likeness (QED) is 0.281. The smallest absolute Gasteiger partial charge is 0 e. The van der Waals surface area contributed by atoms with E-state index in [1.165, 1.54) is 0 Å². The molecule has 0 N–H and O–H groups in total. The molecular formula is C43H76V. The van der Waals surface area contributed by atoms with Gasteiger partial charge in [-0.15, -0.1) is 0 Å². The van der Waals surface area contributed by atoms with Crippen LogP contribution in [-0.4, -0.2) is 0 Å². The number of fused-ring (bicyclic) bond motifs is 6. The molecule has 6 aliphatic carbocycles. The maximum absolute atomic E-state index is 2.74. The van der Waals surface area contributed by atoms with Crippen LogP contribution in [0.5, 0.6) is 0 Å². The van der Waals surface area contributed by atoms with Crippen molar-refractivity contribution in [2.45, 2.75) is 117 Å². The molecule has 6 saturated carbocycles. The summed E-state index contributed by atoms with van der Waals surface area (Å²) in [7, 11) is 0. The fourth-order valence-electron chi connectivity index (χ4n) is 16.0. The Hall–Kier alpha value is 0.584. The topological polar surface area (TPSA) is 0 Å². The van der Waals surface area contributed by atoms with Crippen molar-refractivity contribution in [1.29, 1.82) is 0 Å². The van der Waals surface area contributed by atoms with Crippen LogP contribution in [-0.2, 0) is 18.6 Å². The number of rotatable bonds is 2. The van der Waals surface area contributed by atoms with Gasteiger partial charge in [-0.1, -0.05) is 111 Å². The molecule has 24 atom stereocenters. The van der Waals surface area contributed by atoms with Gasteiger partial charge in [-0.2, -0.15) is 0 Å². The molecule has 1 radical (unpaired) electrons. The van der Waals surface area contributed by atoms with Gasteiger partial charge in [0.15, 0.2) is 0 Å². The van der Waals surface area contributed by atoms with Gasteiger partial charge in [-0.05, 0) is 160 Å². The van der Waals surface area contributed by atoms with Crippen LogP contribution in [0, 0.1) is 154 Å². The molecule has 0 heterocycles. The van der Waals surface area contributed by atoms with Crippen LogP contribution in [0.3, 0.4) is 0 Å². The van der Waals surface area contributed by atoms with E-state index in [-0.39, 0.29) is 18.6 Å². The van der Waals surface area contributed by atoms with Gasteiger partial charge < -0.3 is 0 Å². The molecule has 6 aliphatic rings. The van der Waals surface area contributed by atoms with Crippen LogP contribution in [0.15, 0.2) is 0 Å². The summed E-state index contributed by atoms with van der Waals surface area (Å²) in [5, 5.41) is 0. The molecule has 0 aromatic carbocycles. The minimum atomic E-state index is 0. The average molecular weight is 644 g/mol. The third kappa shape index (κ3) is 4.74. The fourth-order valence-corrected chi connectivity index (χ4v) is 16.0. The standard InChI is InChI=1S/C43H76.V/c1-18-22(5)30(13)40-36(26(18)9)34(37-27(10)19(2)23(6)31(14)41(37)40)17-35-38-28(11)20(3)24(7)32(15)42(38)43-33(16)25(8)21(4)29(12)39(35)43;/h18-43H,17H2,1-16H3;. The fraction of sp³-hybridized carbons (Fsp3) is 1.00. The molecule has 6 fully saturated rings. The summed E-state index contributed by atoms with van der Waals surface area (Å²) in [5.41, 5.74) is 0. The Morgan fingerprint density at radius 2 is 0.341 bits per heavy atom. The predicted molar refractivity (Wildman–Crippen MR) is 186 cm³/mol. The molecule has 1 heteroatoms. The molecule has 0 aromatic heterocycles. The zero-order valence-electron chi connectivity index (χ0n) is 32.2. The Bertz CT molecular complexity index is 849. The third-order valence-electron chi connectivity index (χ3n) is 20.0. The summed E-state index contributed by atoms with van der Waals surface area (Å²) < 4.78 is 0. The van der Waals surface area contributed by atoms with Gasteiger partial charge >= 0.3 is 0 Å². The summed E-state index contributed by atoms with van der Waals surface area (Å²) in [6.45, 7) is 43.0. The molecule has 253 valence electrons. The molecule has 0 spiro atoms. The molecule has 0 aliphatic heterocycles. The van der Waals surface area contributed by atoms with Crippen molar-refractivity contribution in [3.05, 3.63) is 0 Å².